The zero-order valence-electron chi connectivity index (χ0n) is 9.26. The second-order valence-electron chi connectivity index (χ2n) is 3.65. The summed E-state index contributed by atoms with van der Waals surface area (Å²) in [5, 5.41) is 2.90. The van der Waals surface area contributed by atoms with Gasteiger partial charge in [0.15, 0.2) is 0 Å². The van der Waals surface area contributed by atoms with Gasteiger partial charge in [-0.2, -0.15) is 0 Å². The van der Waals surface area contributed by atoms with E-state index in [1.54, 1.807) is 6.07 Å². The molecule has 0 radical (unpaired) electrons. The Labute approximate surface area is 134 Å². The number of carbonyl (C=O) groups excluding carboxylic acids is 1. The Hall–Kier alpha value is -0.170. The molecule has 0 bridgehead atoms. The Morgan fingerprint density at radius 2 is 1.94 bits per heavy atom. The van der Waals surface area contributed by atoms with Crippen molar-refractivity contribution in [3.63, 3.8) is 0 Å². The Morgan fingerprint density at radius 1 is 1.22 bits per heavy atom. The summed E-state index contributed by atoms with van der Waals surface area (Å²) in [5.41, 5.74) is 1.84. The summed E-state index contributed by atoms with van der Waals surface area (Å²) in [4.78, 5) is 12.7. The summed E-state index contributed by atoms with van der Waals surface area (Å²) in [6, 6.07) is 7.56. The van der Waals surface area contributed by atoms with Crippen molar-refractivity contribution < 1.29 is 4.79 Å². The third-order valence-corrected chi connectivity index (χ3v) is 6.05. The van der Waals surface area contributed by atoms with Crippen LogP contribution < -0.4 is 5.32 Å². The predicted octanol–water partition coefficient (Wildman–Crippen LogP) is 5.60. The molecule has 2 rings (SSSR count). The van der Waals surface area contributed by atoms with E-state index in [9.17, 15) is 4.79 Å². The molecule has 0 unspecified atom stereocenters. The van der Waals surface area contributed by atoms with Crippen LogP contribution in [0.15, 0.2) is 37.0 Å². The van der Waals surface area contributed by atoms with E-state index in [-0.39, 0.29) is 5.91 Å². The lowest BCUT2D eigenvalue weighted by Crippen LogP contribution is -2.11. The normalized spacial score (nSPS) is 10.4. The van der Waals surface area contributed by atoms with Gasteiger partial charge in [0, 0.05) is 14.6 Å². The van der Waals surface area contributed by atoms with Crippen LogP contribution in [-0.2, 0) is 0 Å². The van der Waals surface area contributed by atoms with E-state index in [1.807, 2.05) is 25.1 Å². The maximum absolute atomic E-state index is 12.1. The maximum Gasteiger partial charge on any atom is 0.265 e. The highest BCUT2D eigenvalue weighted by Gasteiger charge is 2.13. The minimum Gasteiger partial charge on any atom is -0.321 e. The molecule has 0 aliphatic heterocycles. The van der Waals surface area contributed by atoms with Gasteiger partial charge in [0.2, 0.25) is 0 Å². The summed E-state index contributed by atoms with van der Waals surface area (Å²) >= 11 is 11.5. The quantitative estimate of drug-likeness (QED) is 0.630. The molecular formula is C12H8Br3NOS. The van der Waals surface area contributed by atoms with Crippen molar-refractivity contribution >= 4 is 70.7 Å². The van der Waals surface area contributed by atoms with Crippen LogP contribution in [0, 0.1) is 6.92 Å². The number of carbonyl (C=O) groups is 1. The molecule has 0 aliphatic carbocycles. The highest BCUT2D eigenvalue weighted by molar-refractivity contribution is 9.13. The third kappa shape index (κ3) is 3.23. The maximum atomic E-state index is 12.1. The van der Waals surface area contributed by atoms with Crippen LogP contribution in [0.4, 0.5) is 5.69 Å². The van der Waals surface area contributed by atoms with Gasteiger partial charge in [0.1, 0.15) is 0 Å². The van der Waals surface area contributed by atoms with Crippen LogP contribution in [-0.4, -0.2) is 5.91 Å². The first-order chi connectivity index (χ1) is 8.47. The zero-order valence-corrected chi connectivity index (χ0v) is 14.8. The van der Waals surface area contributed by atoms with Gasteiger partial charge in [-0.25, -0.2) is 0 Å². The number of nitrogens with one attached hydrogen (secondary N) is 1. The van der Waals surface area contributed by atoms with Crippen LogP contribution in [0.3, 0.4) is 0 Å². The van der Waals surface area contributed by atoms with Gasteiger partial charge in [-0.3, -0.25) is 4.79 Å². The molecule has 1 heterocycles. The monoisotopic (exact) mass is 451 g/mol. The van der Waals surface area contributed by atoms with Crippen LogP contribution in [0.2, 0.25) is 0 Å². The Bertz CT molecular complexity index is 590. The van der Waals surface area contributed by atoms with Crippen molar-refractivity contribution in [2.24, 2.45) is 0 Å². The number of aryl methyl sites for hydroxylation is 1. The fraction of sp³-hybridized carbons (Fsp3) is 0.0833. The molecule has 18 heavy (non-hydrogen) atoms. The Morgan fingerprint density at radius 3 is 2.50 bits per heavy atom. The van der Waals surface area contributed by atoms with Crippen molar-refractivity contribution in [2.45, 2.75) is 6.92 Å². The molecule has 0 fully saturated rings. The highest BCUT2D eigenvalue weighted by atomic mass is 79.9. The number of amides is 1. The molecular weight excluding hydrogens is 446 g/mol. The number of thiophene rings is 1. The fourth-order valence-electron chi connectivity index (χ4n) is 1.41. The van der Waals surface area contributed by atoms with Gasteiger partial charge >= 0.3 is 0 Å². The zero-order chi connectivity index (χ0) is 13.3. The summed E-state index contributed by atoms with van der Waals surface area (Å²) in [5.74, 6) is -0.100. The SMILES string of the molecule is Cc1cc(Br)ccc1NC(=O)c1cc(Br)c(Br)s1. The first kappa shape index (κ1) is 14.2. The van der Waals surface area contributed by atoms with Gasteiger partial charge in [0.05, 0.1) is 8.66 Å². The van der Waals surface area contributed by atoms with Crippen LogP contribution >= 0.6 is 59.1 Å². The number of halogens is 3. The molecule has 1 aromatic heterocycles. The first-order valence-electron chi connectivity index (χ1n) is 4.99. The highest BCUT2D eigenvalue weighted by Crippen LogP contribution is 2.33. The molecule has 0 atom stereocenters. The second kappa shape index (κ2) is 5.86. The summed E-state index contributed by atoms with van der Waals surface area (Å²) in [6.07, 6.45) is 0. The minimum absolute atomic E-state index is 0.100. The smallest absolute Gasteiger partial charge is 0.265 e. The summed E-state index contributed by atoms with van der Waals surface area (Å²) in [6.45, 7) is 1.96. The van der Waals surface area contributed by atoms with E-state index in [1.165, 1.54) is 11.3 Å². The molecule has 0 spiro atoms. The molecule has 1 aromatic carbocycles. The van der Waals surface area contributed by atoms with E-state index in [0.717, 1.165) is 24.0 Å². The lowest BCUT2D eigenvalue weighted by molar-refractivity contribution is 0.103. The second-order valence-corrected chi connectivity index (χ2v) is 7.79. The molecule has 0 saturated heterocycles. The average molecular weight is 454 g/mol. The van der Waals surface area contributed by atoms with Crippen molar-refractivity contribution in [3.05, 3.63) is 47.4 Å². The van der Waals surface area contributed by atoms with E-state index in [4.69, 9.17) is 0 Å². The van der Waals surface area contributed by atoms with Gasteiger partial charge in [0.25, 0.3) is 5.91 Å². The lowest BCUT2D eigenvalue weighted by atomic mass is 10.2. The van der Waals surface area contributed by atoms with Crippen LogP contribution in [0.1, 0.15) is 15.2 Å². The van der Waals surface area contributed by atoms with Gasteiger partial charge < -0.3 is 5.32 Å². The predicted molar refractivity (Wildman–Crippen MR) is 86.6 cm³/mol. The van der Waals surface area contributed by atoms with Crippen LogP contribution in [0.25, 0.3) is 0 Å². The van der Waals surface area contributed by atoms with Gasteiger partial charge in [-0.15, -0.1) is 11.3 Å². The molecule has 94 valence electrons. The number of benzene rings is 1. The molecule has 1 amide bonds. The molecule has 1 N–H and O–H groups in total. The fourth-order valence-corrected chi connectivity index (χ4v) is 3.82. The lowest BCUT2D eigenvalue weighted by Gasteiger charge is -2.07. The Kier molecular flexibility index (Phi) is 4.64. The third-order valence-electron chi connectivity index (χ3n) is 2.31. The standard InChI is InChI=1S/C12H8Br3NOS/c1-6-4-7(13)2-3-9(6)16-12(17)10-5-8(14)11(15)18-10/h2-5H,1H3,(H,16,17). The summed E-state index contributed by atoms with van der Waals surface area (Å²) < 4.78 is 2.81. The average Bonchev–Trinajstić information content (AvgIpc) is 2.63. The number of anilines is 1. The largest absolute Gasteiger partial charge is 0.321 e. The first-order valence-corrected chi connectivity index (χ1v) is 8.19. The van der Waals surface area contributed by atoms with Gasteiger partial charge in [-0.05, 0) is 68.6 Å². The Balaban J connectivity index is 2.21. The van der Waals surface area contributed by atoms with E-state index in [2.05, 4.69) is 53.1 Å². The van der Waals surface area contributed by atoms with E-state index < -0.39 is 0 Å². The molecule has 2 aromatic rings. The molecule has 6 heteroatoms. The van der Waals surface area contributed by atoms with E-state index in [0.29, 0.717) is 4.88 Å². The topological polar surface area (TPSA) is 29.1 Å². The number of hydrogen-bond acceptors (Lipinski definition) is 2. The van der Waals surface area contributed by atoms with E-state index >= 15 is 0 Å². The molecule has 0 aliphatic rings. The van der Waals surface area contributed by atoms with Crippen molar-refractivity contribution in [1.82, 2.24) is 0 Å². The molecule has 0 saturated carbocycles. The summed E-state index contributed by atoms with van der Waals surface area (Å²) in [7, 11) is 0. The van der Waals surface area contributed by atoms with Crippen LogP contribution in [0.5, 0.6) is 0 Å². The number of rotatable bonds is 2. The minimum atomic E-state index is -0.100. The van der Waals surface area contributed by atoms with Gasteiger partial charge in [-0.1, -0.05) is 15.9 Å². The van der Waals surface area contributed by atoms with Crippen molar-refractivity contribution in [3.8, 4) is 0 Å². The number of hydrogen-bond donors (Lipinski definition) is 1. The van der Waals surface area contributed by atoms with Crippen molar-refractivity contribution in [1.29, 1.82) is 0 Å². The van der Waals surface area contributed by atoms with Crippen molar-refractivity contribution in [2.75, 3.05) is 5.32 Å². The molecule has 2 nitrogen and oxygen atoms in total.